The molecule has 2 heterocycles. The van der Waals surface area contributed by atoms with Gasteiger partial charge in [-0.1, -0.05) is 26.3 Å². The number of amides is 2. The van der Waals surface area contributed by atoms with Gasteiger partial charge in [-0.15, -0.1) is 0 Å². The molecule has 1 aromatic heterocycles. The molecule has 0 bridgehead atoms. The van der Waals surface area contributed by atoms with Crippen LogP contribution >= 0.6 is 0 Å². The minimum Gasteiger partial charge on any atom is -0.497 e. The highest BCUT2D eigenvalue weighted by Gasteiger charge is 2.33. The first-order valence-electron chi connectivity index (χ1n) is 17.1. The molecular weight excluding hydrogens is 636 g/mol. The van der Waals surface area contributed by atoms with Gasteiger partial charge in [0.2, 0.25) is 23.0 Å². The molecule has 0 saturated heterocycles. The Hall–Kier alpha value is -5.19. The summed E-state index contributed by atoms with van der Waals surface area (Å²) >= 11 is 0. The van der Waals surface area contributed by atoms with Gasteiger partial charge in [0.25, 0.3) is 0 Å². The average Bonchev–Trinajstić information content (AvgIpc) is 3.33. The number of rotatable bonds is 10. The molecule has 6 rings (SSSR count). The summed E-state index contributed by atoms with van der Waals surface area (Å²) in [7, 11) is 6.35. The maximum Gasteiger partial charge on any atom is 0.245 e. The average molecular weight is 683 g/mol. The zero-order valence-electron chi connectivity index (χ0n) is 29.8. The Labute approximate surface area is 292 Å². The number of carbonyl (C=O) groups excluding carboxylic acids is 2. The molecule has 3 N–H and O–H groups in total. The van der Waals surface area contributed by atoms with E-state index >= 15 is 0 Å². The number of carbonyl (C=O) groups is 2. The van der Waals surface area contributed by atoms with E-state index in [1.165, 1.54) is 6.92 Å². The van der Waals surface area contributed by atoms with Crippen molar-refractivity contribution in [3.8, 4) is 34.1 Å². The summed E-state index contributed by atoms with van der Waals surface area (Å²) in [6.07, 6.45) is 2.58. The van der Waals surface area contributed by atoms with Crippen LogP contribution < -0.4 is 35.0 Å². The van der Waals surface area contributed by atoms with Crippen LogP contribution in [0, 0.1) is 5.92 Å². The number of hydrogen-bond donors (Lipinski definition) is 3. The van der Waals surface area contributed by atoms with Gasteiger partial charge in [0.1, 0.15) is 11.8 Å². The van der Waals surface area contributed by atoms with Crippen LogP contribution in [0.1, 0.15) is 62.0 Å². The summed E-state index contributed by atoms with van der Waals surface area (Å²) in [6, 6.07) is 12.0. The summed E-state index contributed by atoms with van der Waals surface area (Å²) in [5, 5.41) is 7.47. The molecule has 264 valence electrons. The maximum atomic E-state index is 14.4. The van der Waals surface area contributed by atoms with Crippen molar-refractivity contribution in [1.29, 1.82) is 0 Å². The number of aryl methyl sites for hydroxylation is 1. The molecule has 2 amide bonds. The molecule has 1 aliphatic carbocycles. The highest BCUT2D eigenvalue weighted by atomic mass is 16.5. The van der Waals surface area contributed by atoms with E-state index in [1.807, 2.05) is 49.1 Å². The fourth-order valence-corrected chi connectivity index (χ4v) is 7.38. The fraction of sp³-hybridized carbons (Fsp3) is 0.410. The normalized spacial score (nSPS) is 16.2. The topological polar surface area (TPSA) is 131 Å². The molecule has 11 heteroatoms. The van der Waals surface area contributed by atoms with Crippen molar-refractivity contribution in [3.05, 3.63) is 75.1 Å². The standard InChI is InChI=1S/C39H46N4O7/c1-8-21(2)36(39(46)43-16-15-31-28(20-43)26-18-24(47-4)10-13-30(26)41-31)42-32-14-11-25-27(19-33(32)45)29(40-22(3)44)12-9-23-17-34(48-5)37(49-6)38(50-7)35(23)25/h10-11,13-14,17-19,21,29,36,41H,8-9,12,15-16,20H2,1-7H3,(H,40,44)(H,42,45). The third-order valence-electron chi connectivity index (χ3n) is 10.2. The van der Waals surface area contributed by atoms with Crippen LogP contribution in [0.2, 0.25) is 0 Å². The number of nitrogens with one attached hydrogen (secondary N) is 3. The second-order valence-corrected chi connectivity index (χ2v) is 13.1. The number of aromatic amines is 1. The first-order valence-corrected chi connectivity index (χ1v) is 17.1. The third kappa shape index (κ3) is 6.32. The maximum absolute atomic E-state index is 14.4. The molecule has 1 aliphatic heterocycles. The van der Waals surface area contributed by atoms with E-state index in [0.717, 1.165) is 51.0 Å². The molecule has 0 spiro atoms. The number of methoxy groups -OCH3 is 4. The zero-order chi connectivity index (χ0) is 35.7. The molecule has 0 radical (unpaired) electrons. The van der Waals surface area contributed by atoms with Gasteiger partial charge in [-0.3, -0.25) is 14.4 Å². The van der Waals surface area contributed by atoms with Crippen molar-refractivity contribution in [2.24, 2.45) is 5.92 Å². The molecule has 3 aromatic carbocycles. The van der Waals surface area contributed by atoms with Crippen molar-refractivity contribution in [3.63, 3.8) is 0 Å². The molecule has 0 fully saturated rings. The van der Waals surface area contributed by atoms with Crippen molar-refractivity contribution in [2.75, 3.05) is 40.3 Å². The summed E-state index contributed by atoms with van der Waals surface area (Å²) in [5.74, 6) is 1.87. The lowest BCUT2D eigenvalue weighted by molar-refractivity contribution is -0.134. The van der Waals surface area contributed by atoms with Gasteiger partial charge >= 0.3 is 0 Å². The number of nitrogens with zero attached hydrogens (tertiary/aromatic N) is 1. The van der Waals surface area contributed by atoms with Gasteiger partial charge in [-0.2, -0.15) is 0 Å². The highest BCUT2D eigenvalue weighted by molar-refractivity contribution is 5.89. The van der Waals surface area contributed by atoms with E-state index in [9.17, 15) is 14.4 Å². The van der Waals surface area contributed by atoms with Crippen molar-refractivity contribution in [1.82, 2.24) is 15.2 Å². The highest BCUT2D eigenvalue weighted by Crippen LogP contribution is 2.50. The number of benzene rings is 2. The Morgan fingerprint density at radius 2 is 1.76 bits per heavy atom. The van der Waals surface area contributed by atoms with Gasteiger partial charge in [0.15, 0.2) is 11.5 Å². The Balaban J connectivity index is 1.41. The van der Waals surface area contributed by atoms with E-state index in [4.69, 9.17) is 18.9 Å². The Bertz CT molecular complexity index is 2010. The lowest BCUT2D eigenvalue weighted by Gasteiger charge is -2.33. The Morgan fingerprint density at radius 3 is 2.44 bits per heavy atom. The smallest absolute Gasteiger partial charge is 0.245 e. The second-order valence-electron chi connectivity index (χ2n) is 13.1. The van der Waals surface area contributed by atoms with Crippen LogP contribution in [0.4, 0.5) is 5.69 Å². The molecule has 11 nitrogen and oxygen atoms in total. The van der Waals surface area contributed by atoms with Gasteiger partial charge in [0.05, 0.1) is 40.2 Å². The summed E-state index contributed by atoms with van der Waals surface area (Å²) in [6.45, 7) is 6.55. The molecule has 3 atom stereocenters. The lowest BCUT2D eigenvalue weighted by atomic mass is 9.95. The first kappa shape index (κ1) is 34.7. The van der Waals surface area contributed by atoms with E-state index in [2.05, 4.69) is 15.6 Å². The fourth-order valence-electron chi connectivity index (χ4n) is 7.38. The Morgan fingerprint density at radius 1 is 0.980 bits per heavy atom. The summed E-state index contributed by atoms with van der Waals surface area (Å²) in [4.78, 5) is 46.3. The second kappa shape index (κ2) is 14.3. The van der Waals surface area contributed by atoms with Gasteiger partial charge < -0.3 is 39.5 Å². The molecule has 4 aromatic rings. The minimum atomic E-state index is -0.645. The van der Waals surface area contributed by atoms with E-state index in [1.54, 1.807) is 40.6 Å². The number of hydrogen-bond acceptors (Lipinski definition) is 8. The summed E-state index contributed by atoms with van der Waals surface area (Å²) in [5.41, 5.74) is 6.34. The number of aromatic nitrogens is 1. The Kier molecular flexibility index (Phi) is 9.95. The molecule has 3 unspecified atom stereocenters. The van der Waals surface area contributed by atoms with Crippen molar-refractivity contribution < 1.29 is 28.5 Å². The van der Waals surface area contributed by atoms with Crippen LogP contribution in [-0.2, 0) is 29.0 Å². The molecule has 0 saturated carbocycles. The quantitative estimate of drug-likeness (QED) is 0.192. The van der Waals surface area contributed by atoms with Crippen LogP contribution in [-0.4, -0.2) is 62.7 Å². The van der Waals surface area contributed by atoms with Gasteiger partial charge in [0, 0.05) is 54.2 Å². The number of fused-ring (bicyclic) bond motifs is 6. The van der Waals surface area contributed by atoms with E-state index < -0.39 is 12.1 Å². The summed E-state index contributed by atoms with van der Waals surface area (Å²) < 4.78 is 22.8. The van der Waals surface area contributed by atoms with Crippen LogP contribution in [0.3, 0.4) is 0 Å². The van der Waals surface area contributed by atoms with Crippen LogP contribution in [0.25, 0.3) is 22.0 Å². The first-order chi connectivity index (χ1) is 24.1. The largest absolute Gasteiger partial charge is 0.497 e. The van der Waals surface area contributed by atoms with Crippen LogP contribution in [0.5, 0.6) is 23.0 Å². The molecular formula is C39H46N4O7. The number of ether oxygens (including phenoxy) is 4. The van der Waals surface area contributed by atoms with Crippen molar-refractivity contribution >= 4 is 28.4 Å². The minimum absolute atomic E-state index is 0.0605. The monoisotopic (exact) mass is 682 g/mol. The molecule has 2 aliphatic rings. The van der Waals surface area contributed by atoms with Gasteiger partial charge in [-0.05, 0) is 71.8 Å². The van der Waals surface area contributed by atoms with Gasteiger partial charge in [-0.25, -0.2) is 0 Å². The number of H-pyrrole nitrogens is 1. The lowest BCUT2D eigenvalue weighted by Crippen LogP contribution is -2.48. The molecule has 50 heavy (non-hydrogen) atoms. The van der Waals surface area contributed by atoms with Crippen molar-refractivity contribution in [2.45, 2.75) is 65.1 Å². The SMILES string of the molecule is CCC(C)C(Nc1ccc2c(cc1=O)C(NC(C)=O)CCc1cc(OC)c(OC)c(OC)c1-2)C(=O)N1CCc2[nH]c3ccc(OC)cc3c2C1. The van der Waals surface area contributed by atoms with Crippen LogP contribution in [0.15, 0.2) is 47.3 Å². The zero-order valence-corrected chi connectivity index (χ0v) is 29.8. The predicted molar refractivity (Wildman–Crippen MR) is 194 cm³/mol. The third-order valence-corrected chi connectivity index (χ3v) is 10.2. The van der Waals surface area contributed by atoms with E-state index in [-0.39, 0.29) is 23.2 Å². The predicted octanol–water partition coefficient (Wildman–Crippen LogP) is 5.76. The van der Waals surface area contributed by atoms with E-state index in [0.29, 0.717) is 60.9 Å². The number of anilines is 1.